The Morgan fingerprint density at radius 2 is 1.21 bits per heavy atom. The highest BCUT2D eigenvalue weighted by molar-refractivity contribution is 5.97. The minimum Gasteiger partial charge on any atom is -0.478 e. The van der Waals surface area contributed by atoms with Gasteiger partial charge in [-0.1, -0.05) is 0 Å². The Hall–Kier alpha value is -2.08. The number of carbonyl (C=O) groups is 2. The summed E-state index contributed by atoms with van der Waals surface area (Å²) in [6, 6.07) is 2.65. The summed E-state index contributed by atoms with van der Waals surface area (Å²) in [7, 11) is 0. The van der Waals surface area contributed by atoms with Gasteiger partial charge in [-0.25, -0.2) is 9.59 Å². The summed E-state index contributed by atoms with van der Waals surface area (Å²) in [4.78, 5) is 23.1. The van der Waals surface area contributed by atoms with Crippen LogP contribution in [0.25, 0.3) is 0 Å². The maximum absolute atomic E-state index is 11.6. The molecule has 0 aromatic heterocycles. The molecule has 0 unspecified atom stereocenters. The van der Waals surface area contributed by atoms with Crippen molar-refractivity contribution in [2.24, 2.45) is 0 Å². The van der Waals surface area contributed by atoms with E-state index in [1.54, 1.807) is 0 Å². The van der Waals surface area contributed by atoms with Gasteiger partial charge in [0.05, 0.1) is 37.6 Å². The molecule has 158 valence electrons. The number of hydrogen-bond acceptors (Lipinski definition) is 8. The van der Waals surface area contributed by atoms with Gasteiger partial charge in [-0.3, -0.25) is 0 Å². The van der Waals surface area contributed by atoms with E-state index in [2.05, 4.69) is 0 Å². The zero-order valence-corrected chi connectivity index (χ0v) is 15.5. The lowest BCUT2D eigenvalue weighted by Gasteiger charge is -2.14. The first kappa shape index (κ1) is 24.0. The van der Waals surface area contributed by atoms with Crippen LogP contribution in [0.2, 0.25) is 0 Å². The van der Waals surface area contributed by atoms with E-state index < -0.39 is 11.9 Å². The van der Waals surface area contributed by atoms with Crippen molar-refractivity contribution in [3.63, 3.8) is 0 Å². The fourth-order valence-corrected chi connectivity index (χ4v) is 2.22. The van der Waals surface area contributed by atoms with Crippen LogP contribution in [0.15, 0.2) is 12.1 Å². The molecule has 1 aromatic rings. The molecule has 0 saturated heterocycles. The van der Waals surface area contributed by atoms with Crippen LogP contribution in [0, 0.1) is 0 Å². The normalized spacial score (nSPS) is 10.9. The lowest BCUT2D eigenvalue weighted by atomic mass is 9.98. The van der Waals surface area contributed by atoms with Gasteiger partial charge in [-0.15, -0.1) is 0 Å². The number of hydrogen-bond donors (Lipinski definition) is 4. The molecule has 0 bridgehead atoms. The van der Waals surface area contributed by atoms with Gasteiger partial charge >= 0.3 is 11.9 Å². The number of aliphatic hydroxyl groups excluding tert-OH is 2. The topological polar surface area (TPSA) is 152 Å². The predicted molar refractivity (Wildman–Crippen MR) is 95.0 cm³/mol. The van der Waals surface area contributed by atoms with Crippen molar-refractivity contribution < 1.29 is 49.0 Å². The van der Waals surface area contributed by atoms with Crippen molar-refractivity contribution in [3.8, 4) is 0 Å². The van der Waals surface area contributed by atoms with Gasteiger partial charge < -0.3 is 39.4 Å². The first-order chi connectivity index (χ1) is 13.5. The molecule has 10 heteroatoms. The summed E-state index contributed by atoms with van der Waals surface area (Å²) in [6.07, 6.45) is 0.899. The Kier molecular flexibility index (Phi) is 12.0. The molecular formula is C18H26O10. The third-order valence-corrected chi connectivity index (χ3v) is 3.51. The van der Waals surface area contributed by atoms with Gasteiger partial charge in [0.1, 0.15) is 13.6 Å². The quantitative estimate of drug-likeness (QED) is 0.231. The van der Waals surface area contributed by atoms with E-state index >= 15 is 0 Å². The summed E-state index contributed by atoms with van der Waals surface area (Å²) >= 11 is 0. The molecule has 10 nitrogen and oxygen atoms in total. The van der Waals surface area contributed by atoms with Crippen LogP contribution in [0.5, 0.6) is 0 Å². The summed E-state index contributed by atoms with van der Waals surface area (Å²) < 4.78 is 20.7. The Bertz CT molecular complexity index is 581. The zero-order valence-electron chi connectivity index (χ0n) is 15.5. The summed E-state index contributed by atoms with van der Waals surface area (Å²) in [5.74, 6) is -2.58. The van der Waals surface area contributed by atoms with Crippen molar-refractivity contribution in [2.75, 3.05) is 40.0 Å². The highest BCUT2D eigenvalue weighted by Gasteiger charge is 2.20. The molecule has 0 atom stereocenters. The molecule has 0 saturated carbocycles. The number of aliphatic hydroxyl groups is 2. The Labute approximate surface area is 162 Å². The largest absolute Gasteiger partial charge is 0.478 e. The first-order valence-electron chi connectivity index (χ1n) is 8.66. The average Bonchev–Trinajstić information content (AvgIpc) is 2.67. The molecule has 0 aliphatic carbocycles. The van der Waals surface area contributed by atoms with E-state index in [9.17, 15) is 19.8 Å². The minimum atomic E-state index is -1.29. The lowest BCUT2D eigenvalue weighted by Crippen LogP contribution is -2.14. The highest BCUT2D eigenvalue weighted by Crippen LogP contribution is 2.21. The molecule has 0 amide bonds. The number of benzene rings is 1. The summed E-state index contributed by atoms with van der Waals surface area (Å²) in [5.41, 5.74) is -0.0117. The molecule has 28 heavy (non-hydrogen) atoms. The van der Waals surface area contributed by atoms with Crippen molar-refractivity contribution in [1.29, 1.82) is 0 Å². The third kappa shape index (κ3) is 8.74. The van der Waals surface area contributed by atoms with Crippen LogP contribution < -0.4 is 0 Å². The van der Waals surface area contributed by atoms with E-state index in [0.717, 1.165) is 0 Å². The molecule has 0 heterocycles. The number of carboxylic acids is 2. The van der Waals surface area contributed by atoms with Crippen molar-refractivity contribution in [1.82, 2.24) is 0 Å². The van der Waals surface area contributed by atoms with Crippen molar-refractivity contribution in [3.05, 3.63) is 34.4 Å². The van der Waals surface area contributed by atoms with Crippen LogP contribution in [0.1, 0.15) is 44.7 Å². The third-order valence-electron chi connectivity index (χ3n) is 3.51. The number of carboxylic acid groups (broad SMARTS) is 2. The average molecular weight is 402 g/mol. The van der Waals surface area contributed by atoms with Gasteiger partial charge in [0.15, 0.2) is 0 Å². The molecule has 1 aromatic carbocycles. The molecule has 0 aliphatic heterocycles. The first-order valence-corrected chi connectivity index (χ1v) is 8.66. The summed E-state index contributed by atoms with van der Waals surface area (Å²) in [5, 5.41) is 36.2. The maximum atomic E-state index is 11.6. The fourth-order valence-electron chi connectivity index (χ4n) is 2.22. The molecule has 0 fully saturated rings. The van der Waals surface area contributed by atoms with E-state index in [0.29, 0.717) is 25.0 Å². The smallest absolute Gasteiger partial charge is 0.336 e. The SMILES string of the molecule is O=C(O)c1cc(COCOCCCO)cc(C(=O)O)c1COCOCCCO. The highest BCUT2D eigenvalue weighted by atomic mass is 16.7. The number of ether oxygens (including phenoxy) is 4. The molecular weight excluding hydrogens is 376 g/mol. The van der Waals surface area contributed by atoms with Gasteiger partial charge in [-0.05, 0) is 30.5 Å². The van der Waals surface area contributed by atoms with Crippen LogP contribution in [-0.4, -0.2) is 72.4 Å². The van der Waals surface area contributed by atoms with E-state index in [1.165, 1.54) is 12.1 Å². The van der Waals surface area contributed by atoms with Gasteiger partial charge in [0.25, 0.3) is 0 Å². The molecule has 0 radical (unpaired) electrons. The predicted octanol–water partition coefficient (Wildman–Crippen LogP) is 0.829. The van der Waals surface area contributed by atoms with Crippen molar-refractivity contribution in [2.45, 2.75) is 26.1 Å². The van der Waals surface area contributed by atoms with Gasteiger partial charge in [0, 0.05) is 18.8 Å². The van der Waals surface area contributed by atoms with Crippen molar-refractivity contribution >= 4 is 11.9 Å². The summed E-state index contributed by atoms with van der Waals surface area (Å²) in [6.45, 7) is 0.0365. The molecule has 4 N–H and O–H groups in total. The number of rotatable bonds is 16. The van der Waals surface area contributed by atoms with Crippen LogP contribution in [0.3, 0.4) is 0 Å². The van der Waals surface area contributed by atoms with E-state index in [4.69, 9.17) is 29.2 Å². The zero-order chi connectivity index (χ0) is 20.8. The fraction of sp³-hybridized carbons (Fsp3) is 0.556. The lowest BCUT2D eigenvalue weighted by molar-refractivity contribution is -0.0650. The van der Waals surface area contributed by atoms with Gasteiger partial charge in [-0.2, -0.15) is 0 Å². The maximum Gasteiger partial charge on any atom is 0.336 e. The van der Waals surface area contributed by atoms with E-state index in [1.807, 2.05) is 0 Å². The second kappa shape index (κ2) is 14.0. The Balaban J connectivity index is 2.78. The van der Waals surface area contributed by atoms with E-state index in [-0.39, 0.29) is 63.3 Å². The molecule has 1 rings (SSSR count). The number of aromatic carboxylic acids is 2. The Morgan fingerprint density at radius 3 is 1.64 bits per heavy atom. The second-order valence-electron chi connectivity index (χ2n) is 5.68. The Morgan fingerprint density at radius 1 is 0.750 bits per heavy atom. The monoisotopic (exact) mass is 402 g/mol. The second-order valence-corrected chi connectivity index (χ2v) is 5.68. The molecule has 0 spiro atoms. The van der Waals surface area contributed by atoms with Crippen LogP contribution >= 0.6 is 0 Å². The van der Waals surface area contributed by atoms with Gasteiger partial charge in [0.2, 0.25) is 0 Å². The van der Waals surface area contributed by atoms with Crippen LogP contribution in [0.4, 0.5) is 0 Å². The van der Waals surface area contributed by atoms with Crippen LogP contribution in [-0.2, 0) is 32.2 Å². The standard InChI is InChI=1S/C18H26O10/c19-3-1-5-25-11-27-9-13-7-14(17(21)22)16(15(8-13)18(23)24)10-28-12-26-6-2-4-20/h7-8,19-20H,1-6,9-12H2,(H,21,22)(H,23,24). The minimum absolute atomic E-state index is 0.0000484. The molecule has 0 aliphatic rings.